The molecular formula is C19H24N2O3S. The summed E-state index contributed by atoms with van der Waals surface area (Å²) < 4.78 is 5.73. The number of likely N-dealkylation sites (N-methyl/N-ethyl adjacent to an activating group) is 1. The lowest BCUT2D eigenvalue weighted by atomic mass is 10.1. The van der Waals surface area contributed by atoms with Crippen molar-refractivity contribution < 1.29 is 14.3 Å². The van der Waals surface area contributed by atoms with E-state index >= 15 is 0 Å². The molecule has 0 bridgehead atoms. The highest BCUT2D eigenvalue weighted by atomic mass is 32.1. The largest absolute Gasteiger partial charge is 0.492 e. The van der Waals surface area contributed by atoms with Crippen molar-refractivity contribution in [2.24, 2.45) is 0 Å². The van der Waals surface area contributed by atoms with Crippen LogP contribution in [0, 0.1) is 13.8 Å². The van der Waals surface area contributed by atoms with Crippen molar-refractivity contribution in [3.8, 4) is 5.75 Å². The summed E-state index contributed by atoms with van der Waals surface area (Å²) in [6, 6.07) is 8.99. The van der Waals surface area contributed by atoms with Crippen LogP contribution in [0.1, 0.15) is 27.7 Å². The average Bonchev–Trinajstić information content (AvgIpc) is 3.07. The predicted octanol–water partition coefficient (Wildman–Crippen LogP) is 3.02. The summed E-state index contributed by atoms with van der Waals surface area (Å²) in [5.41, 5.74) is 2.29. The fraction of sp³-hybridized carbons (Fsp3) is 0.368. The molecule has 1 atom stereocenters. The zero-order valence-electron chi connectivity index (χ0n) is 15.0. The van der Waals surface area contributed by atoms with E-state index in [4.69, 9.17) is 4.74 Å². The van der Waals surface area contributed by atoms with E-state index in [1.54, 1.807) is 24.9 Å². The molecule has 2 aromatic rings. The highest BCUT2D eigenvalue weighted by molar-refractivity contribution is 7.12. The summed E-state index contributed by atoms with van der Waals surface area (Å²) >= 11 is 1.35. The Balaban J connectivity index is 1.80. The van der Waals surface area contributed by atoms with Gasteiger partial charge in [0.25, 0.3) is 5.91 Å². The van der Waals surface area contributed by atoms with Crippen LogP contribution in [0.5, 0.6) is 5.75 Å². The molecule has 1 aromatic carbocycles. The van der Waals surface area contributed by atoms with Crippen molar-refractivity contribution in [3.05, 3.63) is 51.7 Å². The van der Waals surface area contributed by atoms with Crippen LogP contribution in [0.2, 0.25) is 0 Å². The number of hydrogen-bond donors (Lipinski definition) is 1. The van der Waals surface area contributed by atoms with Crippen LogP contribution in [0.3, 0.4) is 0 Å². The number of carbonyl (C=O) groups excluding carboxylic acids is 2. The Morgan fingerprint density at radius 1 is 1.24 bits per heavy atom. The Bertz CT molecular complexity index is 708. The number of carbonyl (C=O) groups is 2. The first-order valence-corrected chi connectivity index (χ1v) is 9.05. The smallest absolute Gasteiger partial charge is 0.261 e. The zero-order chi connectivity index (χ0) is 18.4. The van der Waals surface area contributed by atoms with Gasteiger partial charge in [0.1, 0.15) is 18.4 Å². The summed E-state index contributed by atoms with van der Waals surface area (Å²) in [6.45, 7) is 6.58. The molecule has 0 radical (unpaired) electrons. The molecule has 6 heteroatoms. The van der Waals surface area contributed by atoms with Crippen LogP contribution in [-0.2, 0) is 4.79 Å². The summed E-state index contributed by atoms with van der Waals surface area (Å²) in [7, 11) is 1.71. The number of nitrogens with one attached hydrogen (secondary N) is 1. The van der Waals surface area contributed by atoms with Crippen molar-refractivity contribution in [2.75, 3.05) is 20.2 Å². The summed E-state index contributed by atoms with van der Waals surface area (Å²) in [5.74, 6) is 0.432. The molecule has 5 nitrogen and oxygen atoms in total. The molecule has 134 valence electrons. The molecule has 0 aliphatic carbocycles. The number of thiophene rings is 1. The van der Waals surface area contributed by atoms with Crippen LogP contribution in [-0.4, -0.2) is 43.0 Å². The Kier molecular flexibility index (Phi) is 6.58. The van der Waals surface area contributed by atoms with Gasteiger partial charge in [-0.1, -0.05) is 12.1 Å². The Labute approximate surface area is 152 Å². The second kappa shape index (κ2) is 8.67. The number of nitrogens with zero attached hydrogens (tertiary/aromatic N) is 1. The van der Waals surface area contributed by atoms with Crippen molar-refractivity contribution >= 4 is 23.2 Å². The molecule has 1 heterocycles. The third kappa shape index (κ3) is 5.60. The fourth-order valence-corrected chi connectivity index (χ4v) is 3.12. The van der Waals surface area contributed by atoms with Crippen molar-refractivity contribution in [1.82, 2.24) is 10.2 Å². The predicted molar refractivity (Wildman–Crippen MR) is 100 cm³/mol. The maximum atomic E-state index is 12.4. The molecule has 25 heavy (non-hydrogen) atoms. The first kappa shape index (κ1) is 19.0. The van der Waals surface area contributed by atoms with Gasteiger partial charge >= 0.3 is 0 Å². The van der Waals surface area contributed by atoms with Gasteiger partial charge < -0.3 is 15.0 Å². The standard InChI is InChI=1S/C19H24N2O3S/c1-13-10-14(2)12-16(11-13)24-8-7-21(4)19(23)15(3)20-18(22)17-6-5-9-25-17/h5-6,9-12,15H,7-8H2,1-4H3,(H,20,22). The van der Waals surface area contributed by atoms with E-state index in [2.05, 4.69) is 11.4 Å². The average molecular weight is 360 g/mol. The van der Waals surface area contributed by atoms with Crippen LogP contribution in [0.4, 0.5) is 0 Å². The van der Waals surface area contributed by atoms with Crippen molar-refractivity contribution in [3.63, 3.8) is 0 Å². The second-order valence-electron chi connectivity index (χ2n) is 6.10. The minimum atomic E-state index is -0.583. The quantitative estimate of drug-likeness (QED) is 0.826. The Morgan fingerprint density at radius 3 is 2.52 bits per heavy atom. The van der Waals surface area contributed by atoms with Crippen LogP contribution < -0.4 is 10.1 Å². The maximum Gasteiger partial charge on any atom is 0.261 e. The van der Waals surface area contributed by atoms with Gasteiger partial charge in [0.05, 0.1) is 11.4 Å². The number of rotatable bonds is 7. The molecule has 0 fully saturated rings. The minimum Gasteiger partial charge on any atom is -0.492 e. The number of benzene rings is 1. The van der Waals surface area contributed by atoms with E-state index in [1.165, 1.54) is 11.3 Å². The van der Waals surface area contributed by atoms with E-state index in [9.17, 15) is 9.59 Å². The molecule has 0 aliphatic heterocycles. The van der Waals surface area contributed by atoms with Crippen LogP contribution in [0.25, 0.3) is 0 Å². The number of hydrogen-bond acceptors (Lipinski definition) is 4. The highest BCUT2D eigenvalue weighted by Gasteiger charge is 2.20. The topological polar surface area (TPSA) is 58.6 Å². The second-order valence-corrected chi connectivity index (χ2v) is 7.05. The third-order valence-electron chi connectivity index (χ3n) is 3.73. The highest BCUT2D eigenvalue weighted by Crippen LogP contribution is 2.16. The lowest BCUT2D eigenvalue weighted by Gasteiger charge is -2.22. The summed E-state index contributed by atoms with van der Waals surface area (Å²) in [4.78, 5) is 26.5. The molecule has 0 saturated heterocycles. The van der Waals surface area contributed by atoms with E-state index in [1.807, 2.05) is 37.4 Å². The van der Waals surface area contributed by atoms with Crippen LogP contribution >= 0.6 is 11.3 Å². The lowest BCUT2D eigenvalue weighted by Crippen LogP contribution is -2.46. The van der Waals surface area contributed by atoms with E-state index in [0.29, 0.717) is 18.0 Å². The Morgan fingerprint density at radius 2 is 1.92 bits per heavy atom. The van der Waals surface area contributed by atoms with E-state index in [-0.39, 0.29) is 11.8 Å². The van der Waals surface area contributed by atoms with Crippen molar-refractivity contribution in [1.29, 1.82) is 0 Å². The molecule has 1 aromatic heterocycles. The fourth-order valence-electron chi connectivity index (χ4n) is 2.49. The van der Waals surface area contributed by atoms with E-state index < -0.39 is 6.04 Å². The van der Waals surface area contributed by atoms with Gasteiger partial charge in [0.15, 0.2) is 0 Å². The number of aryl methyl sites for hydroxylation is 2. The molecule has 0 spiro atoms. The van der Waals surface area contributed by atoms with Gasteiger partial charge in [0, 0.05) is 7.05 Å². The number of ether oxygens (including phenoxy) is 1. The monoisotopic (exact) mass is 360 g/mol. The SMILES string of the molecule is Cc1cc(C)cc(OCCN(C)C(=O)C(C)NC(=O)c2cccs2)c1. The molecule has 0 aliphatic rings. The van der Waals surface area contributed by atoms with Gasteiger partial charge in [-0.15, -0.1) is 11.3 Å². The van der Waals surface area contributed by atoms with Gasteiger partial charge in [-0.3, -0.25) is 9.59 Å². The summed E-state index contributed by atoms with van der Waals surface area (Å²) in [6.07, 6.45) is 0. The first-order valence-electron chi connectivity index (χ1n) is 8.17. The normalized spacial score (nSPS) is 11.7. The molecule has 0 saturated carbocycles. The third-order valence-corrected chi connectivity index (χ3v) is 4.60. The van der Waals surface area contributed by atoms with Gasteiger partial charge in [-0.25, -0.2) is 0 Å². The zero-order valence-corrected chi connectivity index (χ0v) is 15.9. The summed E-state index contributed by atoms with van der Waals surface area (Å²) in [5, 5.41) is 4.56. The molecule has 2 rings (SSSR count). The molecule has 1 N–H and O–H groups in total. The maximum absolute atomic E-state index is 12.4. The molecular weight excluding hydrogens is 336 g/mol. The Hall–Kier alpha value is -2.34. The molecule has 2 amide bonds. The van der Waals surface area contributed by atoms with Gasteiger partial charge in [0.2, 0.25) is 5.91 Å². The van der Waals surface area contributed by atoms with Gasteiger partial charge in [-0.2, -0.15) is 0 Å². The lowest BCUT2D eigenvalue weighted by molar-refractivity contribution is -0.131. The first-order chi connectivity index (χ1) is 11.9. The minimum absolute atomic E-state index is 0.145. The molecule has 1 unspecified atom stereocenters. The van der Waals surface area contributed by atoms with Crippen LogP contribution in [0.15, 0.2) is 35.7 Å². The number of amides is 2. The van der Waals surface area contributed by atoms with Crippen molar-refractivity contribution in [2.45, 2.75) is 26.8 Å². The van der Waals surface area contributed by atoms with Gasteiger partial charge in [-0.05, 0) is 55.5 Å². The van der Waals surface area contributed by atoms with E-state index in [0.717, 1.165) is 16.9 Å².